The zero-order valence-electron chi connectivity index (χ0n) is 14.5. The number of nitrogens with zero attached hydrogens (tertiary/aromatic N) is 2. The lowest BCUT2D eigenvalue weighted by Gasteiger charge is -2.11. The summed E-state index contributed by atoms with van der Waals surface area (Å²) < 4.78 is 7.67. The topological polar surface area (TPSA) is 64.4 Å². The van der Waals surface area contributed by atoms with Gasteiger partial charge in [0.25, 0.3) is 0 Å². The first-order chi connectivity index (χ1) is 12.5. The zero-order chi connectivity index (χ0) is 18.7. The molecule has 0 amide bonds. The minimum absolute atomic E-state index is 0.411. The molecule has 0 saturated heterocycles. The molecular weight excluding hydrogens is 352 g/mol. The molecule has 2 aromatic carbocycles. The molecule has 134 valence electrons. The van der Waals surface area contributed by atoms with E-state index in [0.717, 1.165) is 17.5 Å². The van der Waals surface area contributed by atoms with Gasteiger partial charge in [-0.05, 0) is 42.8 Å². The number of imidazole rings is 1. The molecule has 5 nitrogen and oxygen atoms in total. The van der Waals surface area contributed by atoms with E-state index in [-0.39, 0.29) is 0 Å². The van der Waals surface area contributed by atoms with Crippen LogP contribution >= 0.6 is 11.6 Å². The van der Waals surface area contributed by atoms with Crippen molar-refractivity contribution in [1.29, 1.82) is 0 Å². The van der Waals surface area contributed by atoms with Crippen LogP contribution in [0.2, 0.25) is 5.02 Å². The first kappa shape index (κ1) is 18.2. The smallest absolute Gasteiger partial charge is 0.153 e. The van der Waals surface area contributed by atoms with Crippen LogP contribution in [-0.2, 0) is 7.05 Å². The summed E-state index contributed by atoms with van der Waals surface area (Å²) in [6.07, 6.45) is 2.50. The summed E-state index contributed by atoms with van der Waals surface area (Å²) in [5.74, 6) is 1.64. The van der Waals surface area contributed by atoms with Crippen molar-refractivity contribution in [1.82, 2.24) is 9.55 Å². The van der Waals surface area contributed by atoms with Crippen LogP contribution in [0.3, 0.4) is 0 Å². The number of carbonyl (C=O) groups excluding carboxylic acids is 1. The van der Waals surface area contributed by atoms with Crippen molar-refractivity contribution < 1.29 is 14.6 Å². The second-order valence-electron chi connectivity index (χ2n) is 5.91. The molecule has 0 radical (unpaired) electrons. The number of aliphatic hydroxyl groups is 1. The van der Waals surface area contributed by atoms with Gasteiger partial charge in [-0.1, -0.05) is 18.5 Å². The Morgan fingerprint density at radius 2 is 2.00 bits per heavy atom. The standard InChI is InChI=1S/C20H19ClN2O3/c1-3-18(25)20-22-11-17(23(20)2)13-5-8-16(9-6-13)26-19-10-15(21)7-4-14(19)12-24/h4-12,18,25H,3H2,1-2H3. The molecule has 0 aliphatic rings. The van der Waals surface area contributed by atoms with Crippen LogP contribution in [0, 0.1) is 0 Å². The summed E-state index contributed by atoms with van der Waals surface area (Å²) in [4.78, 5) is 15.4. The SMILES string of the molecule is CCC(O)c1ncc(-c2ccc(Oc3cc(Cl)ccc3C=O)cc2)n1C. The molecule has 1 unspecified atom stereocenters. The van der Waals surface area contributed by atoms with E-state index in [1.165, 1.54) is 0 Å². The van der Waals surface area contributed by atoms with E-state index in [1.54, 1.807) is 24.4 Å². The number of benzene rings is 2. The summed E-state index contributed by atoms with van der Waals surface area (Å²) in [5, 5.41) is 10.5. The highest BCUT2D eigenvalue weighted by Gasteiger charge is 2.14. The Balaban J connectivity index is 1.85. The predicted molar refractivity (Wildman–Crippen MR) is 101 cm³/mol. The van der Waals surface area contributed by atoms with Crippen molar-refractivity contribution in [2.45, 2.75) is 19.4 Å². The molecule has 3 aromatic rings. The average molecular weight is 371 g/mol. The van der Waals surface area contributed by atoms with Gasteiger partial charge in [-0.3, -0.25) is 4.79 Å². The highest BCUT2D eigenvalue weighted by atomic mass is 35.5. The van der Waals surface area contributed by atoms with Gasteiger partial charge in [0.2, 0.25) is 0 Å². The number of aromatic nitrogens is 2. The van der Waals surface area contributed by atoms with Crippen LogP contribution in [0.1, 0.15) is 35.6 Å². The van der Waals surface area contributed by atoms with Gasteiger partial charge in [0.15, 0.2) is 6.29 Å². The van der Waals surface area contributed by atoms with Crippen molar-refractivity contribution in [2.75, 3.05) is 0 Å². The van der Waals surface area contributed by atoms with Gasteiger partial charge in [0, 0.05) is 23.7 Å². The van der Waals surface area contributed by atoms with Crippen molar-refractivity contribution in [3.05, 3.63) is 65.1 Å². The second-order valence-corrected chi connectivity index (χ2v) is 6.35. The van der Waals surface area contributed by atoms with E-state index in [9.17, 15) is 9.90 Å². The van der Waals surface area contributed by atoms with E-state index < -0.39 is 6.10 Å². The molecule has 0 fully saturated rings. The number of hydrogen-bond acceptors (Lipinski definition) is 4. The number of halogens is 1. The van der Waals surface area contributed by atoms with E-state index in [2.05, 4.69) is 4.98 Å². The Morgan fingerprint density at radius 3 is 2.65 bits per heavy atom. The lowest BCUT2D eigenvalue weighted by Crippen LogP contribution is -2.05. The van der Waals surface area contributed by atoms with Crippen molar-refractivity contribution in [2.24, 2.45) is 7.05 Å². The molecular formula is C20H19ClN2O3. The van der Waals surface area contributed by atoms with E-state index in [1.807, 2.05) is 42.8 Å². The maximum atomic E-state index is 11.1. The first-order valence-electron chi connectivity index (χ1n) is 8.26. The fourth-order valence-electron chi connectivity index (χ4n) is 2.70. The molecule has 0 aliphatic carbocycles. The molecule has 0 spiro atoms. The van der Waals surface area contributed by atoms with E-state index in [0.29, 0.717) is 34.3 Å². The van der Waals surface area contributed by atoms with Crippen molar-refractivity contribution in [3.8, 4) is 22.8 Å². The maximum absolute atomic E-state index is 11.1. The minimum atomic E-state index is -0.582. The minimum Gasteiger partial charge on any atom is -0.457 e. The van der Waals surface area contributed by atoms with Crippen LogP contribution in [-0.4, -0.2) is 20.9 Å². The van der Waals surface area contributed by atoms with Gasteiger partial charge in [-0.15, -0.1) is 0 Å². The van der Waals surface area contributed by atoms with Crippen LogP contribution in [0.25, 0.3) is 11.3 Å². The van der Waals surface area contributed by atoms with Gasteiger partial charge in [0.05, 0.1) is 17.5 Å². The molecule has 1 N–H and O–H groups in total. The molecule has 3 rings (SSSR count). The highest BCUT2D eigenvalue weighted by molar-refractivity contribution is 6.30. The Bertz CT molecular complexity index is 919. The number of carbonyl (C=O) groups is 1. The number of rotatable bonds is 6. The summed E-state index contributed by atoms with van der Waals surface area (Å²) >= 11 is 5.98. The van der Waals surface area contributed by atoms with Crippen molar-refractivity contribution >= 4 is 17.9 Å². The summed E-state index contributed by atoms with van der Waals surface area (Å²) in [5.41, 5.74) is 2.28. The van der Waals surface area contributed by atoms with Crippen molar-refractivity contribution in [3.63, 3.8) is 0 Å². The number of aldehydes is 1. The van der Waals surface area contributed by atoms with Crippen LogP contribution < -0.4 is 4.74 Å². The van der Waals surface area contributed by atoms with E-state index >= 15 is 0 Å². The molecule has 0 aliphatic heterocycles. The monoisotopic (exact) mass is 370 g/mol. The van der Waals surface area contributed by atoms with Crippen LogP contribution in [0.4, 0.5) is 0 Å². The molecule has 0 bridgehead atoms. The highest BCUT2D eigenvalue weighted by Crippen LogP contribution is 2.30. The molecule has 26 heavy (non-hydrogen) atoms. The quantitative estimate of drug-likeness (QED) is 0.633. The Hall–Kier alpha value is -2.63. The largest absolute Gasteiger partial charge is 0.457 e. The summed E-state index contributed by atoms with van der Waals surface area (Å²) in [6.45, 7) is 1.91. The third-order valence-electron chi connectivity index (χ3n) is 4.19. The third-order valence-corrected chi connectivity index (χ3v) is 4.42. The van der Waals surface area contributed by atoms with Gasteiger partial charge in [-0.25, -0.2) is 4.98 Å². The molecule has 1 atom stereocenters. The fourth-order valence-corrected chi connectivity index (χ4v) is 2.86. The first-order valence-corrected chi connectivity index (χ1v) is 8.64. The number of ether oxygens (including phenoxy) is 1. The predicted octanol–water partition coefficient (Wildman–Crippen LogP) is 4.79. The van der Waals surface area contributed by atoms with Gasteiger partial charge in [-0.2, -0.15) is 0 Å². The van der Waals surface area contributed by atoms with E-state index in [4.69, 9.17) is 16.3 Å². The third kappa shape index (κ3) is 3.64. The fraction of sp³-hybridized carbons (Fsp3) is 0.200. The Labute approximate surface area is 156 Å². The Kier molecular flexibility index (Phi) is 5.40. The molecule has 0 saturated carbocycles. The second kappa shape index (κ2) is 7.72. The van der Waals surface area contributed by atoms with Gasteiger partial charge in [0.1, 0.15) is 23.4 Å². The van der Waals surface area contributed by atoms with Crippen LogP contribution in [0.15, 0.2) is 48.7 Å². The maximum Gasteiger partial charge on any atom is 0.153 e. The number of aliphatic hydroxyl groups excluding tert-OH is 1. The zero-order valence-corrected chi connectivity index (χ0v) is 15.3. The molecule has 1 heterocycles. The summed E-state index contributed by atoms with van der Waals surface area (Å²) in [6, 6.07) is 12.3. The lowest BCUT2D eigenvalue weighted by atomic mass is 10.1. The number of hydrogen-bond donors (Lipinski definition) is 1. The lowest BCUT2D eigenvalue weighted by molar-refractivity contribution is 0.112. The van der Waals surface area contributed by atoms with Gasteiger partial charge < -0.3 is 14.4 Å². The van der Waals surface area contributed by atoms with Gasteiger partial charge >= 0.3 is 0 Å². The summed E-state index contributed by atoms with van der Waals surface area (Å²) in [7, 11) is 1.88. The average Bonchev–Trinajstić information content (AvgIpc) is 3.03. The Morgan fingerprint density at radius 1 is 1.27 bits per heavy atom. The normalized spacial score (nSPS) is 12.0. The molecule has 1 aromatic heterocycles. The van der Waals surface area contributed by atoms with Crippen LogP contribution in [0.5, 0.6) is 11.5 Å². The molecule has 6 heteroatoms.